The topological polar surface area (TPSA) is 64.7 Å². The van der Waals surface area contributed by atoms with E-state index >= 15 is 0 Å². The minimum Gasteiger partial charge on any atom is -0.464 e. The van der Waals surface area contributed by atoms with Crippen molar-refractivity contribution in [2.75, 3.05) is 0 Å². The summed E-state index contributed by atoms with van der Waals surface area (Å²) in [5, 5.41) is 16.7. The lowest BCUT2D eigenvalue weighted by atomic mass is 10.1. The van der Waals surface area contributed by atoms with Crippen LogP contribution in [0, 0.1) is 6.92 Å². The number of benzene rings is 1. The smallest absolute Gasteiger partial charge is 0.203 e. The SMILES string of the molecule is Cc1nnc(-c2ccc3occc3c2)nn1. The van der Waals surface area contributed by atoms with Crippen LogP contribution in [0.25, 0.3) is 22.4 Å². The highest BCUT2D eigenvalue weighted by Crippen LogP contribution is 2.21. The predicted molar refractivity (Wildman–Crippen MR) is 57.6 cm³/mol. The minimum absolute atomic E-state index is 0.522. The maximum absolute atomic E-state index is 5.26. The first kappa shape index (κ1) is 8.96. The number of hydrogen-bond donors (Lipinski definition) is 0. The van der Waals surface area contributed by atoms with Gasteiger partial charge in [-0.2, -0.15) is 0 Å². The molecule has 2 aromatic heterocycles. The van der Waals surface area contributed by atoms with Crippen LogP contribution in [0.2, 0.25) is 0 Å². The van der Waals surface area contributed by atoms with E-state index in [1.807, 2.05) is 24.3 Å². The molecule has 5 heteroatoms. The summed E-state index contributed by atoms with van der Waals surface area (Å²) in [6, 6.07) is 7.62. The lowest BCUT2D eigenvalue weighted by Gasteiger charge is -1.97. The summed E-state index contributed by atoms with van der Waals surface area (Å²) in [4.78, 5) is 0. The number of aryl methyl sites for hydroxylation is 1. The van der Waals surface area contributed by atoms with Gasteiger partial charge in [0.15, 0.2) is 5.82 Å². The maximum Gasteiger partial charge on any atom is 0.203 e. The minimum atomic E-state index is 0.522. The van der Waals surface area contributed by atoms with Gasteiger partial charge in [0.25, 0.3) is 0 Å². The van der Waals surface area contributed by atoms with E-state index in [-0.39, 0.29) is 0 Å². The fraction of sp³-hybridized carbons (Fsp3) is 0.0909. The molecule has 3 rings (SSSR count). The van der Waals surface area contributed by atoms with Crippen molar-refractivity contribution in [1.29, 1.82) is 0 Å². The maximum atomic E-state index is 5.26. The number of hydrogen-bond acceptors (Lipinski definition) is 5. The Labute approximate surface area is 91.1 Å². The van der Waals surface area contributed by atoms with Crippen molar-refractivity contribution in [3.05, 3.63) is 36.4 Å². The molecule has 0 spiro atoms. The van der Waals surface area contributed by atoms with Crippen LogP contribution in [0.4, 0.5) is 0 Å². The molecule has 5 nitrogen and oxygen atoms in total. The lowest BCUT2D eigenvalue weighted by molar-refractivity contribution is 0.616. The van der Waals surface area contributed by atoms with Crippen LogP contribution in [0.15, 0.2) is 34.9 Å². The molecule has 0 N–H and O–H groups in total. The second-order valence-electron chi connectivity index (χ2n) is 3.44. The molecule has 0 saturated heterocycles. The summed E-state index contributed by atoms with van der Waals surface area (Å²) >= 11 is 0. The van der Waals surface area contributed by atoms with Crippen molar-refractivity contribution in [2.24, 2.45) is 0 Å². The summed E-state index contributed by atoms with van der Waals surface area (Å²) in [5.41, 5.74) is 1.73. The Kier molecular flexibility index (Phi) is 1.89. The van der Waals surface area contributed by atoms with Crippen molar-refractivity contribution < 1.29 is 4.42 Å². The Morgan fingerprint density at radius 3 is 2.62 bits per heavy atom. The molecule has 0 radical (unpaired) electrons. The average molecular weight is 212 g/mol. The number of rotatable bonds is 1. The van der Waals surface area contributed by atoms with Crippen molar-refractivity contribution in [2.45, 2.75) is 6.92 Å². The van der Waals surface area contributed by atoms with Gasteiger partial charge in [0.05, 0.1) is 6.26 Å². The van der Waals surface area contributed by atoms with Crippen LogP contribution < -0.4 is 0 Å². The van der Waals surface area contributed by atoms with Crippen molar-refractivity contribution >= 4 is 11.0 Å². The zero-order valence-electron chi connectivity index (χ0n) is 8.58. The predicted octanol–water partition coefficient (Wildman–Crippen LogP) is 1.99. The van der Waals surface area contributed by atoms with Crippen molar-refractivity contribution in [3.8, 4) is 11.4 Å². The fourth-order valence-electron chi connectivity index (χ4n) is 1.50. The van der Waals surface area contributed by atoms with E-state index in [0.29, 0.717) is 11.6 Å². The van der Waals surface area contributed by atoms with E-state index in [1.165, 1.54) is 0 Å². The zero-order chi connectivity index (χ0) is 11.0. The molecular weight excluding hydrogens is 204 g/mol. The van der Waals surface area contributed by atoms with Gasteiger partial charge < -0.3 is 4.42 Å². The molecule has 0 fully saturated rings. The molecule has 0 amide bonds. The molecule has 0 atom stereocenters. The molecule has 0 saturated carbocycles. The molecule has 78 valence electrons. The Morgan fingerprint density at radius 1 is 1.00 bits per heavy atom. The number of furan rings is 1. The second kappa shape index (κ2) is 3.37. The summed E-state index contributed by atoms with van der Waals surface area (Å²) in [7, 11) is 0. The Hall–Kier alpha value is -2.30. The third-order valence-electron chi connectivity index (χ3n) is 2.29. The summed E-state index contributed by atoms with van der Waals surface area (Å²) in [6.45, 7) is 1.75. The van der Waals surface area contributed by atoms with Crippen LogP contribution in [0.3, 0.4) is 0 Å². The van der Waals surface area contributed by atoms with E-state index in [4.69, 9.17) is 4.42 Å². The molecule has 1 aromatic carbocycles. The van der Waals surface area contributed by atoms with Crippen molar-refractivity contribution in [3.63, 3.8) is 0 Å². The zero-order valence-corrected chi connectivity index (χ0v) is 8.58. The third-order valence-corrected chi connectivity index (χ3v) is 2.29. The van der Waals surface area contributed by atoms with E-state index in [0.717, 1.165) is 16.5 Å². The highest BCUT2D eigenvalue weighted by Gasteiger charge is 2.04. The number of fused-ring (bicyclic) bond motifs is 1. The van der Waals surface area contributed by atoms with E-state index in [2.05, 4.69) is 20.4 Å². The monoisotopic (exact) mass is 212 g/mol. The molecule has 0 bridgehead atoms. The van der Waals surface area contributed by atoms with E-state index < -0.39 is 0 Å². The first-order valence-corrected chi connectivity index (χ1v) is 4.84. The largest absolute Gasteiger partial charge is 0.464 e. The van der Waals surface area contributed by atoms with Gasteiger partial charge in [0.1, 0.15) is 5.58 Å². The molecule has 0 aliphatic rings. The first-order valence-electron chi connectivity index (χ1n) is 4.84. The van der Waals surface area contributed by atoms with Gasteiger partial charge in [-0.3, -0.25) is 0 Å². The first-order chi connectivity index (χ1) is 7.83. The van der Waals surface area contributed by atoms with Gasteiger partial charge in [-0.15, -0.1) is 20.4 Å². The molecule has 16 heavy (non-hydrogen) atoms. The number of nitrogens with zero attached hydrogens (tertiary/aromatic N) is 4. The quantitative estimate of drug-likeness (QED) is 0.617. The Balaban J connectivity index is 2.14. The third kappa shape index (κ3) is 1.42. The second-order valence-corrected chi connectivity index (χ2v) is 3.44. The van der Waals surface area contributed by atoms with Crippen LogP contribution in [-0.2, 0) is 0 Å². The van der Waals surface area contributed by atoms with Crippen LogP contribution >= 0.6 is 0 Å². The van der Waals surface area contributed by atoms with Gasteiger partial charge in [-0.1, -0.05) is 0 Å². The van der Waals surface area contributed by atoms with Crippen LogP contribution in [0.5, 0.6) is 0 Å². The Bertz CT molecular complexity index is 630. The Morgan fingerprint density at radius 2 is 1.81 bits per heavy atom. The lowest BCUT2D eigenvalue weighted by Crippen LogP contribution is -1.98. The van der Waals surface area contributed by atoms with Gasteiger partial charge in [0, 0.05) is 10.9 Å². The summed E-state index contributed by atoms with van der Waals surface area (Å²) in [6.07, 6.45) is 1.65. The van der Waals surface area contributed by atoms with Crippen LogP contribution in [0.1, 0.15) is 5.82 Å². The van der Waals surface area contributed by atoms with Crippen molar-refractivity contribution in [1.82, 2.24) is 20.4 Å². The van der Waals surface area contributed by atoms with Gasteiger partial charge in [-0.25, -0.2) is 0 Å². The molecule has 0 aliphatic carbocycles. The summed E-state index contributed by atoms with van der Waals surface area (Å²) in [5.74, 6) is 1.09. The summed E-state index contributed by atoms with van der Waals surface area (Å²) < 4.78 is 5.26. The van der Waals surface area contributed by atoms with Gasteiger partial charge in [0.2, 0.25) is 5.82 Å². The number of aromatic nitrogens is 4. The molecule has 2 heterocycles. The highest BCUT2D eigenvalue weighted by molar-refractivity contribution is 5.81. The van der Waals surface area contributed by atoms with Gasteiger partial charge >= 0.3 is 0 Å². The average Bonchev–Trinajstić information content (AvgIpc) is 2.77. The molecule has 3 aromatic rings. The normalized spacial score (nSPS) is 10.8. The molecule has 0 aliphatic heterocycles. The fourth-order valence-corrected chi connectivity index (χ4v) is 1.50. The van der Waals surface area contributed by atoms with Crippen LogP contribution in [-0.4, -0.2) is 20.4 Å². The van der Waals surface area contributed by atoms with Gasteiger partial charge in [-0.05, 0) is 31.2 Å². The molecular formula is C11H8N4O. The highest BCUT2D eigenvalue weighted by atomic mass is 16.3. The van der Waals surface area contributed by atoms with E-state index in [1.54, 1.807) is 13.2 Å². The molecule has 0 unspecified atom stereocenters. The standard InChI is InChI=1S/C11H8N4O/c1-7-12-14-11(15-13-7)9-2-3-10-8(6-9)4-5-16-10/h2-6H,1H3. The van der Waals surface area contributed by atoms with E-state index in [9.17, 15) is 0 Å².